The fourth-order valence-electron chi connectivity index (χ4n) is 1.48. The standard InChI is InChI=1S/C13H15NO5/c1-8(5-13(18)19-2)14-11-7-10(15)4-3-9(11)6-12(16)17/h3-4,7,14-15H,1,5-6H2,2H3,(H,16,17). The Labute approximate surface area is 110 Å². The van der Waals surface area contributed by atoms with E-state index in [4.69, 9.17) is 5.11 Å². The number of hydrogen-bond acceptors (Lipinski definition) is 5. The van der Waals surface area contributed by atoms with Crippen LogP contribution < -0.4 is 5.32 Å². The number of phenolic OH excluding ortho intramolecular Hbond substituents is 1. The van der Waals surface area contributed by atoms with Crippen molar-refractivity contribution in [3.8, 4) is 5.75 Å². The van der Waals surface area contributed by atoms with Gasteiger partial charge in [-0.25, -0.2) is 0 Å². The monoisotopic (exact) mass is 265 g/mol. The Morgan fingerprint density at radius 1 is 1.42 bits per heavy atom. The lowest BCUT2D eigenvalue weighted by Crippen LogP contribution is -2.09. The second kappa shape index (κ2) is 6.44. The molecule has 0 aliphatic rings. The van der Waals surface area contributed by atoms with Crippen LogP contribution in [0.4, 0.5) is 5.69 Å². The molecule has 0 aliphatic carbocycles. The van der Waals surface area contributed by atoms with E-state index in [0.29, 0.717) is 16.9 Å². The first kappa shape index (κ1) is 14.6. The minimum atomic E-state index is -0.993. The number of phenols is 1. The molecule has 0 amide bonds. The van der Waals surface area contributed by atoms with Crippen molar-refractivity contribution in [1.29, 1.82) is 0 Å². The van der Waals surface area contributed by atoms with E-state index in [1.807, 2.05) is 0 Å². The lowest BCUT2D eigenvalue weighted by molar-refractivity contribution is -0.140. The number of carboxylic acids is 1. The van der Waals surface area contributed by atoms with Crippen LogP contribution in [0, 0.1) is 0 Å². The molecule has 19 heavy (non-hydrogen) atoms. The second-order valence-electron chi connectivity index (χ2n) is 3.89. The van der Waals surface area contributed by atoms with Gasteiger partial charge in [0.15, 0.2) is 0 Å². The Hall–Kier alpha value is -2.50. The van der Waals surface area contributed by atoms with Crippen LogP contribution >= 0.6 is 0 Å². The number of carbonyl (C=O) groups excluding carboxylic acids is 1. The van der Waals surface area contributed by atoms with Crippen LogP contribution in [-0.2, 0) is 20.7 Å². The van der Waals surface area contributed by atoms with Gasteiger partial charge in [0, 0.05) is 17.5 Å². The van der Waals surface area contributed by atoms with Crippen LogP contribution in [0.25, 0.3) is 0 Å². The number of rotatable bonds is 6. The largest absolute Gasteiger partial charge is 0.508 e. The van der Waals surface area contributed by atoms with Crippen molar-refractivity contribution in [2.24, 2.45) is 0 Å². The Bertz CT molecular complexity index is 510. The first-order valence-corrected chi connectivity index (χ1v) is 5.47. The number of carboxylic acid groups (broad SMARTS) is 1. The summed E-state index contributed by atoms with van der Waals surface area (Å²) in [4.78, 5) is 21.8. The minimum Gasteiger partial charge on any atom is -0.508 e. The van der Waals surface area contributed by atoms with E-state index < -0.39 is 11.9 Å². The predicted octanol–water partition coefficient (Wildman–Crippen LogP) is 1.51. The van der Waals surface area contributed by atoms with Crippen LogP contribution in [0.5, 0.6) is 5.75 Å². The maximum atomic E-state index is 11.1. The van der Waals surface area contributed by atoms with E-state index in [1.54, 1.807) is 0 Å². The summed E-state index contributed by atoms with van der Waals surface area (Å²) in [5.74, 6) is -1.47. The average Bonchev–Trinajstić information content (AvgIpc) is 2.31. The summed E-state index contributed by atoms with van der Waals surface area (Å²) in [5.41, 5.74) is 1.23. The normalized spacial score (nSPS) is 9.74. The summed E-state index contributed by atoms with van der Waals surface area (Å²) in [5, 5.41) is 21.0. The smallest absolute Gasteiger partial charge is 0.311 e. The molecule has 0 aromatic heterocycles. The SMILES string of the molecule is C=C(CC(=O)OC)Nc1cc(O)ccc1CC(=O)O. The first-order chi connectivity index (χ1) is 8.92. The molecule has 0 spiro atoms. The molecule has 3 N–H and O–H groups in total. The molecule has 0 radical (unpaired) electrons. The number of nitrogens with one attached hydrogen (secondary N) is 1. The van der Waals surface area contributed by atoms with E-state index in [1.165, 1.54) is 25.3 Å². The fourth-order valence-corrected chi connectivity index (χ4v) is 1.48. The van der Waals surface area contributed by atoms with Crippen LogP contribution in [0.2, 0.25) is 0 Å². The molecule has 1 aromatic carbocycles. The van der Waals surface area contributed by atoms with Crippen LogP contribution in [0.3, 0.4) is 0 Å². The van der Waals surface area contributed by atoms with E-state index in [0.717, 1.165) is 0 Å². The van der Waals surface area contributed by atoms with Crippen molar-refractivity contribution in [3.63, 3.8) is 0 Å². The maximum Gasteiger partial charge on any atom is 0.311 e. The zero-order chi connectivity index (χ0) is 14.4. The van der Waals surface area contributed by atoms with E-state index in [2.05, 4.69) is 16.6 Å². The number of aliphatic carboxylic acids is 1. The van der Waals surface area contributed by atoms with Crippen molar-refractivity contribution in [2.45, 2.75) is 12.8 Å². The van der Waals surface area contributed by atoms with Crippen molar-refractivity contribution < 1.29 is 24.5 Å². The number of carbonyl (C=O) groups is 2. The molecule has 6 heteroatoms. The van der Waals surface area contributed by atoms with Crippen molar-refractivity contribution >= 4 is 17.6 Å². The molecule has 0 heterocycles. The number of anilines is 1. The van der Waals surface area contributed by atoms with E-state index in [-0.39, 0.29) is 18.6 Å². The molecule has 102 valence electrons. The minimum absolute atomic E-state index is 0.0116. The van der Waals surface area contributed by atoms with Gasteiger partial charge in [0.1, 0.15) is 5.75 Å². The number of benzene rings is 1. The van der Waals surface area contributed by atoms with Gasteiger partial charge in [0.05, 0.1) is 20.0 Å². The van der Waals surface area contributed by atoms with Gasteiger partial charge in [-0.2, -0.15) is 0 Å². The van der Waals surface area contributed by atoms with Crippen LogP contribution in [0.15, 0.2) is 30.5 Å². The lowest BCUT2D eigenvalue weighted by atomic mass is 10.1. The Morgan fingerprint density at radius 3 is 2.68 bits per heavy atom. The summed E-state index contributed by atoms with van der Waals surface area (Å²) >= 11 is 0. The van der Waals surface area contributed by atoms with Gasteiger partial charge in [-0.3, -0.25) is 9.59 Å². The number of methoxy groups -OCH3 is 1. The Kier molecular flexibility index (Phi) is 4.93. The quantitative estimate of drug-likeness (QED) is 0.675. The topological polar surface area (TPSA) is 95.9 Å². The van der Waals surface area contributed by atoms with E-state index in [9.17, 15) is 14.7 Å². The highest BCUT2D eigenvalue weighted by Gasteiger charge is 2.10. The fraction of sp³-hybridized carbons (Fsp3) is 0.231. The summed E-state index contributed by atoms with van der Waals surface area (Å²) in [6.45, 7) is 3.65. The molecule has 0 saturated carbocycles. The molecular formula is C13H15NO5. The summed E-state index contributed by atoms with van der Waals surface area (Å²) in [6, 6.07) is 4.27. The molecule has 0 bridgehead atoms. The van der Waals surface area contributed by atoms with Gasteiger partial charge < -0.3 is 20.3 Å². The molecule has 0 aliphatic heterocycles. The highest BCUT2D eigenvalue weighted by atomic mass is 16.5. The Morgan fingerprint density at radius 2 is 2.11 bits per heavy atom. The summed E-state index contributed by atoms with van der Waals surface area (Å²) in [7, 11) is 1.26. The second-order valence-corrected chi connectivity index (χ2v) is 3.89. The molecular weight excluding hydrogens is 250 g/mol. The highest BCUT2D eigenvalue weighted by Crippen LogP contribution is 2.24. The zero-order valence-corrected chi connectivity index (χ0v) is 10.5. The molecule has 0 fully saturated rings. The third-order valence-corrected chi connectivity index (χ3v) is 2.33. The third-order valence-electron chi connectivity index (χ3n) is 2.33. The van der Waals surface area contributed by atoms with Gasteiger partial charge in [-0.15, -0.1) is 0 Å². The van der Waals surface area contributed by atoms with Gasteiger partial charge in [-0.05, 0) is 11.6 Å². The number of ether oxygens (including phenoxy) is 1. The molecule has 1 rings (SSSR count). The third kappa shape index (κ3) is 4.71. The van der Waals surface area contributed by atoms with Crippen molar-refractivity contribution in [1.82, 2.24) is 0 Å². The number of aromatic hydroxyl groups is 1. The molecule has 1 aromatic rings. The number of esters is 1. The lowest BCUT2D eigenvalue weighted by Gasteiger charge is -2.13. The average molecular weight is 265 g/mol. The van der Waals surface area contributed by atoms with Gasteiger partial charge in [-0.1, -0.05) is 12.6 Å². The predicted molar refractivity (Wildman–Crippen MR) is 68.8 cm³/mol. The molecule has 6 nitrogen and oxygen atoms in total. The van der Waals surface area contributed by atoms with Crippen LogP contribution in [-0.4, -0.2) is 29.3 Å². The molecule has 0 saturated heterocycles. The van der Waals surface area contributed by atoms with Gasteiger partial charge in [0.2, 0.25) is 0 Å². The van der Waals surface area contributed by atoms with Crippen molar-refractivity contribution in [2.75, 3.05) is 12.4 Å². The van der Waals surface area contributed by atoms with Crippen LogP contribution in [0.1, 0.15) is 12.0 Å². The van der Waals surface area contributed by atoms with Crippen molar-refractivity contribution in [3.05, 3.63) is 36.0 Å². The maximum absolute atomic E-state index is 11.1. The molecule has 0 unspecified atom stereocenters. The Balaban J connectivity index is 2.86. The molecule has 0 atom stereocenters. The zero-order valence-electron chi connectivity index (χ0n) is 10.5. The van der Waals surface area contributed by atoms with Gasteiger partial charge in [0.25, 0.3) is 0 Å². The first-order valence-electron chi connectivity index (χ1n) is 5.47. The summed E-state index contributed by atoms with van der Waals surface area (Å²) in [6.07, 6.45) is -0.243. The number of hydrogen-bond donors (Lipinski definition) is 3. The van der Waals surface area contributed by atoms with Gasteiger partial charge >= 0.3 is 11.9 Å². The summed E-state index contributed by atoms with van der Waals surface area (Å²) < 4.78 is 4.49. The highest BCUT2D eigenvalue weighted by molar-refractivity contribution is 5.76. The van der Waals surface area contributed by atoms with E-state index >= 15 is 0 Å².